The summed E-state index contributed by atoms with van der Waals surface area (Å²) < 4.78 is 0. The molecule has 0 atom stereocenters. The lowest BCUT2D eigenvalue weighted by Crippen LogP contribution is -2.18. The molecule has 2 nitrogen and oxygen atoms in total. The summed E-state index contributed by atoms with van der Waals surface area (Å²) >= 11 is 0. The fourth-order valence-corrected chi connectivity index (χ4v) is 0.816. The van der Waals surface area contributed by atoms with Crippen molar-refractivity contribution in [3.8, 4) is 0 Å². The summed E-state index contributed by atoms with van der Waals surface area (Å²) in [4.78, 5) is 4.17. The average Bonchev–Trinajstić information content (AvgIpc) is 1.88. The number of nitrogens with zero attached hydrogens (tertiary/aromatic N) is 1. The number of aliphatic imine (C=N–C) groups is 1. The summed E-state index contributed by atoms with van der Waals surface area (Å²) in [5.41, 5.74) is 2.39. The highest BCUT2D eigenvalue weighted by Gasteiger charge is 1.94. The van der Waals surface area contributed by atoms with Crippen molar-refractivity contribution >= 4 is 5.71 Å². The van der Waals surface area contributed by atoms with E-state index < -0.39 is 0 Å². The second-order valence-corrected chi connectivity index (χ2v) is 2.54. The van der Waals surface area contributed by atoms with Crippen LogP contribution < -0.4 is 5.32 Å². The molecular weight excluding hydrogens is 124 g/mol. The number of hydrogen-bond acceptors (Lipinski definition) is 2. The minimum atomic E-state index is 0.849. The minimum Gasteiger partial charge on any atom is -0.384 e. The zero-order valence-electron chi connectivity index (χ0n) is 6.39. The quantitative estimate of drug-likeness (QED) is 0.580. The topological polar surface area (TPSA) is 24.4 Å². The van der Waals surface area contributed by atoms with Gasteiger partial charge >= 0.3 is 0 Å². The Hall–Kier alpha value is -1.05. The molecule has 0 amide bonds. The largest absolute Gasteiger partial charge is 0.384 e. The van der Waals surface area contributed by atoms with E-state index in [9.17, 15) is 0 Å². The fourth-order valence-electron chi connectivity index (χ4n) is 0.816. The van der Waals surface area contributed by atoms with Crippen molar-refractivity contribution in [2.75, 3.05) is 6.54 Å². The molecule has 0 spiro atoms. The zero-order valence-corrected chi connectivity index (χ0v) is 6.39. The van der Waals surface area contributed by atoms with Crippen LogP contribution >= 0.6 is 0 Å². The molecule has 0 fully saturated rings. The first-order chi connectivity index (χ1) is 4.79. The van der Waals surface area contributed by atoms with Crippen LogP contribution in [0.25, 0.3) is 0 Å². The van der Waals surface area contributed by atoms with Crippen LogP contribution in [-0.4, -0.2) is 12.3 Å². The highest BCUT2D eigenvalue weighted by Crippen LogP contribution is 1.94. The van der Waals surface area contributed by atoms with Crippen LogP contribution in [0.3, 0.4) is 0 Å². The Balaban J connectivity index is 2.64. The Morgan fingerprint density at radius 2 is 2.50 bits per heavy atom. The van der Waals surface area contributed by atoms with Crippen LogP contribution in [-0.2, 0) is 0 Å². The summed E-state index contributed by atoms with van der Waals surface area (Å²) in [6.07, 6.45) is 5.71. The van der Waals surface area contributed by atoms with Crippen molar-refractivity contribution in [1.82, 2.24) is 5.32 Å². The number of allylic oxidation sites excluding steroid dienone is 1. The monoisotopic (exact) mass is 136 g/mol. The van der Waals surface area contributed by atoms with Crippen LogP contribution in [0.15, 0.2) is 29.0 Å². The normalized spacial score (nSPS) is 15.6. The van der Waals surface area contributed by atoms with Crippen LogP contribution in [0.5, 0.6) is 0 Å². The smallest absolute Gasteiger partial charge is 0.0594 e. The van der Waals surface area contributed by atoms with Gasteiger partial charge in [0.25, 0.3) is 0 Å². The summed E-state index contributed by atoms with van der Waals surface area (Å²) in [5, 5.41) is 3.08. The van der Waals surface area contributed by atoms with Gasteiger partial charge in [-0.25, -0.2) is 0 Å². The minimum absolute atomic E-state index is 0.849. The van der Waals surface area contributed by atoms with E-state index in [0.29, 0.717) is 0 Å². The maximum atomic E-state index is 4.17. The van der Waals surface area contributed by atoms with Crippen molar-refractivity contribution < 1.29 is 0 Å². The van der Waals surface area contributed by atoms with E-state index in [1.807, 2.05) is 6.20 Å². The third-order valence-corrected chi connectivity index (χ3v) is 1.17. The van der Waals surface area contributed by atoms with Crippen LogP contribution in [0, 0.1) is 0 Å². The molecule has 1 rings (SSSR count). The Morgan fingerprint density at radius 1 is 1.70 bits per heavy atom. The lowest BCUT2D eigenvalue weighted by atomic mass is 10.2. The Morgan fingerprint density at radius 3 is 3.00 bits per heavy atom. The molecule has 10 heavy (non-hydrogen) atoms. The molecule has 2 heteroatoms. The standard InChI is InChI=1S/C8H12N2/c1-7(2)5-8-6-9-3-4-10-8/h3-5,9H,6H2,1-2H3. The van der Waals surface area contributed by atoms with Crippen LogP contribution in [0.4, 0.5) is 0 Å². The molecule has 54 valence electrons. The highest BCUT2D eigenvalue weighted by molar-refractivity contribution is 5.97. The maximum Gasteiger partial charge on any atom is 0.0594 e. The van der Waals surface area contributed by atoms with Crippen LogP contribution in [0.2, 0.25) is 0 Å². The predicted molar refractivity (Wildman–Crippen MR) is 44.0 cm³/mol. The van der Waals surface area contributed by atoms with Gasteiger partial charge in [0.05, 0.1) is 12.3 Å². The lowest BCUT2D eigenvalue weighted by molar-refractivity contribution is 0.991. The molecule has 0 radical (unpaired) electrons. The van der Waals surface area contributed by atoms with Crippen molar-refractivity contribution in [2.24, 2.45) is 4.99 Å². The molecule has 0 bridgehead atoms. The van der Waals surface area contributed by atoms with E-state index in [1.165, 1.54) is 5.57 Å². The van der Waals surface area contributed by atoms with Gasteiger partial charge in [0, 0.05) is 12.4 Å². The number of hydrogen-bond donors (Lipinski definition) is 1. The molecular formula is C8H12N2. The Labute approximate surface area is 61.4 Å². The molecule has 1 aliphatic rings. The van der Waals surface area contributed by atoms with E-state index in [1.54, 1.807) is 6.20 Å². The van der Waals surface area contributed by atoms with E-state index in [4.69, 9.17) is 0 Å². The molecule has 0 aliphatic carbocycles. The maximum absolute atomic E-state index is 4.17. The molecule has 0 aromatic heterocycles. The van der Waals surface area contributed by atoms with Crippen molar-refractivity contribution in [3.05, 3.63) is 24.0 Å². The summed E-state index contributed by atoms with van der Waals surface area (Å²) in [6.45, 7) is 4.99. The van der Waals surface area contributed by atoms with E-state index in [0.717, 1.165) is 12.3 Å². The van der Waals surface area contributed by atoms with Gasteiger partial charge in [-0.3, -0.25) is 4.99 Å². The van der Waals surface area contributed by atoms with Gasteiger partial charge in [0.1, 0.15) is 0 Å². The van der Waals surface area contributed by atoms with Gasteiger partial charge in [-0.15, -0.1) is 0 Å². The second-order valence-electron chi connectivity index (χ2n) is 2.54. The summed E-state index contributed by atoms with van der Waals surface area (Å²) in [5.74, 6) is 0. The molecule has 0 saturated carbocycles. The Kier molecular flexibility index (Phi) is 2.26. The number of rotatable bonds is 1. The SMILES string of the molecule is CC(C)=CC1=NC=CNC1. The molecule has 1 N–H and O–H groups in total. The van der Waals surface area contributed by atoms with Gasteiger partial charge in [-0.1, -0.05) is 5.57 Å². The predicted octanol–water partition coefficient (Wildman–Crippen LogP) is 1.47. The van der Waals surface area contributed by atoms with Gasteiger partial charge in [0.15, 0.2) is 0 Å². The summed E-state index contributed by atoms with van der Waals surface area (Å²) in [6, 6.07) is 0. The number of nitrogens with one attached hydrogen (secondary N) is 1. The third kappa shape index (κ3) is 2.05. The molecule has 0 saturated heterocycles. The second kappa shape index (κ2) is 3.20. The molecule has 1 heterocycles. The third-order valence-electron chi connectivity index (χ3n) is 1.17. The van der Waals surface area contributed by atoms with Gasteiger partial charge in [-0.05, 0) is 19.9 Å². The first kappa shape index (κ1) is 7.06. The zero-order chi connectivity index (χ0) is 7.40. The lowest BCUT2D eigenvalue weighted by Gasteiger charge is -2.04. The molecule has 0 unspecified atom stereocenters. The Bertz CT molecular complexity index is 193. The molecule has 0 aromatic carbocycles. The van der Waals surface area contributed by atoms with Crippen molar-refractivity contribution in [2.45, 2.75) is 13.8 Å². The van der Waals surface area contributed by atoms with E-state index in [-0.39, 0.29) is 0 Å². The van der Waals surface area contributed by atoms with Gasteiger partial charge in [0.2, 0.25) is 0 Å². The first-order valence-electron chi connectivity index (χ1n) is 3.39. The average molecular weight is 136 g/mol. The first-order valence-corrected chi connectivity index (χ1v) is 3.39. The summed E-state index contributed by atoms with van der Waals surface area (Å²) in [7, 11) is 0. The molecule has 0 aromatic rings. The van der Waals surface area contributed by atoms with Crippen molar-refractivity contribution in [3.63, 3.8) is 0 Å². The van der Waals surface area contributed by atoms with E-state index >= 15 is 0 Å². The van der Waals surface area contributed by atoms with E-state index in [2.05, 4.69) is 30.2 Å². The van der Waals surface area contributed by atoms with Gasteiger partial charge in [-0.2, -0.15) is 0 Å². The fraction of sp³-hybridized carbons (Fsp3) is 0.375. The van der Waals surface area contributed by atoms with Crippen molar-refractivity contribution in [1.29, 1.82) is 0 Å². The highest BCUT2D eigenvalue weighted by atomic mass is 14.9. The van der Waals surface area contributed by atoms with Crippen LogP contribution in [0.1, 0.15) is 13.8 Å². The van der Waals surface area contributed by atoms with Gasteiger partial charge < -0.3 is 5.32 Å². The molecule has 1 aliphatic heterocycles.